The van der Waals surface area contributed by atoms with Crippen LogP contribution < -0.4 is 5.32 Å². The lowest BCUT2D eigenvalue weighted by atomic mass is 10.2. The molecule has 0 saturated heterocycles. The molecule has 1 N–H and O–H groups in total. The van der Waals surface area contributed by atoms with Gasteiger partial charge < -0.3 is 14.6 Å². The van der Waals surface area contributed by atoms with Crippen LogP contribution in [0.3, 0.4) is 0 Å². The highest BCUT2D eigenvalue weighted by atomic mass is 16.5. The van der Waals surface area contributed by atoms with Crippen LogP contribution in [0.4, 0.5) is 0 Å². The summed E-state index contributed by atoms with van der Waals surface area (Å²) in [5.41, 5.74) is 0. The quantitative estimate of drug-likeness (QED) is 0.514. The van der Waals surface area contributed by atoms with Gasteiger partial charge in [0.15, 0.2) is 0 Å². The maximum atomic E-state index is 11.1. The van der Waals surface area contributed by atoms with Crippen LogP contribution in [0.15, 0.2) is 6.33 Å². The topological polar surface area (TPSA) is 69.0 Å². The van der Waals surface area contributed by atoms with E-state index in [4.69, 9.17) is 4.74 Å². The third-order valence-corrected chi connectivity index (χ3v) is 2.86. The van der Waals surface area contributed by atoms with Crippen molar-refractivity contribution in [1.29, 1.82) is 0 Å². The molecule has 0 radical (unpaired) electrons. The van der Waals surface area contributed by atoms with E-state index < -0.39 is 0 Å². The molecule has 1 rings (SSSR count). The molecule has 0 aliphatic heterocycles. The molecule has 0 bridgehead atoms. The van der Waals surface area contributed by atoms with E-state index in [0.717, 1.165) is 44.7 Å². The molecule has 0 spiro atoms. The summed E-state index contributed by atoms with van der Waals surface area (Å²) in [5, 5.41) is 11.3. The summed E-state index contributed by atoms with van der Waals surface area (Å²) in [6.45, 7) is 6.94. The molecule has 6 heteroatoms. The lowest BCUT2D eigenvalue weighted by Gasteiger charge is -2.05. The summed E-state index contributed by atoms with van der Waals surface area (Å²) in [6.07, 6.45) is 5.26. The first-order chi connectivity index (χ1) is 9.27. The normalized spacial score (nSPS) is 10.6. The summed E-state index contributed by atoms with van der Waals surface area (Å²) < 4.78 is 6.89. The first kappa shape index (κ1) is 15.6. The number of rotatable bonds is 10. The fourth-order valence-corrected chi connectivity index (χ4v) is 1.81. The van der Waals surface area contributed by atoms with Crippen molar-refractivity contribution >= 4 is 5.97 Å². The molecule has 0 unspecified atom stereocenters. The van der Waals surface area contributed by atoms with E-state index in [1.807, 2.05) is 11.5 Å². The van der Waals surface area contributed by atoms with Gasteiger partial charge in [-0.05, 0) is 33.2 Å². The smallest absolute Gasteiger partial charge is 0.305 e. The first-order valence-electron chi connectivity index (χ1n) is 7.01. The fraction of sp³-hybridized carbons (Fsp3) is 0.769. The van der Waals surface area contributed by atoms with E-state index in [1.54, 1.807) is 6.33 Å². The highest BCUT2D eigenvalue weighted by molar-refractivity contribution is 5.69. The molecule has 6 nitrogen and oxygen atoms in total. The summed E-state index contributed by atoms with van der Waals surface area (Å²) >= 11 is 0. The standard InChI is InChI=1S/C13H24N4O2/c1-3-17-11-15-16-12(17)10-14-9-7-5-6-8-13(18)19-4-2/h11,14H,3-10H2,1-2H3. The van der Waals surface area contributed by atoms with Crippen LogP contribution >= 0.6 is 0 Å². The molecule has 0 saturated carbocycles. The molecule has 1 aromatic rings. The Morgan fingerprint density at radius 2 is 2.21 bits per heavy atom. The van der Waals surface area contributed by atoms with E-state index in [0.29, 0.717) is 13.0 Å². The molecule has 108 valence electrons. The molecule has 0 amide bonds. The zero-order valence-electron chi connectivity index (χ0n) is 11.9. The van der Waals surface area contributed by atoms with Gasteiger partial charge in [0.25, 0.3) is 0 Å². The zero-order chi connectivity index (χ0) is 13.9. The second-order valence-corrected chi connectivity index (χ2v) is 4.33. The molecule has 0 atom stereocenters. The van der Waals surface area contributed by atoms with Crippen molar-refractivity contribution in [3.8, 4) is 0 Å². The highest BCUT2D eigenvalue weighted by Gasteiger charge is 2.02. The van der Waals surface area contributed by atoms with E-state index >= 15 is 0 Å². The number of carbonyl (C=O) groups excluding carboxylic acids is 1. The van der Waals surface area contributed by atoms with Gasteiger partial charge >= 0.3 is 5.97 Å². The van der Waals surface area contributed by atoms with Gasteiger partial charge in [-0.25, -0.2) is 0 Å². The number of hydrogen-bond donors (Lipinski definition) is 1. The van der Waals surface area contributed by atoms with Crippen LogP contribution in [0.1, 0.15) is 45.4 Å². The minimum absolute atomic E-state index is 0.0912. The van der Waals surface area contributed by atoms with E-state index in [2.05, 4.69) is 22.4 Å². The molecular weight excluding hydrogens is 244 g/mol. The second kappa shape index (κ2) is 9.49. The Morgan fingerprint density at radius 3 is 2.95 bits per heavy atom. The SMILES string of the molecule is CCOC(=O)CCCCCNCc1nncn1CC. The Bertz CT molecular complexity index is 365. The summed E-state index contributed by atoms with van der Waals surface area (Å²) in [7, 11) is 0. The zero-order valence-corrected chi connectivity index (χ0v) is 11.9. The Labute approximate surface area is 114 Å². The third kappa shape index (κ3) is 6.33. The number of aromatic nitrogens is 3. The minimum Gasteiger partial charge on any atom is -0.466 e. The van der Waals surface area contributed by atoms with Crippen LogP contribution in [0.5, 0.6) is 0 Å². The van der Waals surface area contributed by atoms with Crippen molar-refractivity contribution in [1.82, 2.24) is 20.1 Å². The van der Waals surface area contributed by atoms with Crippen molar-refractivity contribution in [2.75, 3.05) is 13.2 Å². The van der Waals surface area contributed by atoms with Gasteiger partial charge in [-0.15, -0.1) is 10.2 Å². The summed E-state index contributed by atoms with van der Waals surface area (Å²) in [6, 6.07) is 0. The molecule has 19 heavy (non-hydrogen) atoms. The number of nitrogens with one attached hydrogen (secondary N) is 1. The van der Waals surface area contributed by atoms with Gasteiger partial charge in [0.1, 0.15) is 12.2 Å². The number of hydrogen-bond acceptors (Lipinski definition) is 5. The number of ether oxygens (including phenoxy) is 1. The molecule has 0 aromatic carbocycles. The first-order valence-corrected chi connectivity index (χ1v) is 7.01. The largest absolute Gasteiger partial charge is 0.466 e. The van der Waals surface area contributed by atoms with Crippen molar-refractivity contribution in [3.05, 3.63) is 12.2 Å². The van der Waals surface area contributed by atoms with Gasteiger partial charge in [-0.3, -0.25) is 4.79 Å². The Balaban J connectivity index is 1.98. The Hall–Kier alpha value is -1.43. The molecule has 1 heterocycles. The molecule has 0 fully saturated rings. The number of aryl methyl sites for hydroxylation is 1. The molecule has 0 aliphatic rings. The maximum absolute atomic E-state index is 11.1. The van der Waals surface area contributed by atoms with E-state index in [-0.39, 0.29) is 5.97 Å². The van der Waals surface area contributed by atoms with E-state index in [1.165, 1.54) is 0 Å². The van der Waals surface area contributed by atoms with Crippen molar-refractivity contribution in [3.63, 3.8) is 0 Å². The van der Waals surface area contributed by atoms with Crippen LogP contribution in [-0.2, 0) is 22.6 Å². The van der Waals surface area contributed by atoms with Gasteiger partial charge in [-0.1, -0.05) is 6.42 Å². The van der Waals surface area contributed by atoms with Crippen molar-refractivity contribution < 1.29 is 9.53 Å². The lowest BCUT2D eigenvalue weighted by molar-refractivity contribution is -0.143. The monoisotopic (exact) mass is 268 g/mol. The second-order valence-electron chi connectivity index (χ2n) is 4.33. The number of nitrogens with zero attached hydrogens (tertiary/aromatic N) is 3. The van der Waals surface area contributed by atoms with Crippen LogP contribution in [-0.4, -0.2) is 33.9 Å². The Morgan fingerprint density at radius 1 is 1.37 bits per heavy atom. The van der Waals surface area contributed by atoms with Crippen molar-refractivity contribution in [2.24, 2.45) is 0 Å². The molecule has 1 aromatic heterocycles. The van der Waals surface area contributed by atoms with Crippen LogP contribution in [0.2, 0.25) is 0 Å². The number of unbranched alkanes of at least 4 members (excludes halogenated alkanes) is 2. The summed E-state index contributed by atoms with van der Waals surface area (Å²) in [4.78, 5) is 11.1. The number of carbonyl (C=O) groups is 1. The lowest BCUT2D eigenvalue weighted by Crippen LogP contribution is -2.18. The summed E-state index contributed by atoms with van der Waals surface area (Å²) in [5.74, 6) is 0.875. The van der Waals surface area contributed by atoms with Gasteiger partial charge in [0.2, 0.25) is 0 Å². The third-order valence-electron chi connectivity index (χ3n) is 2.86. The van der Waals surface area contributed by atoms with Crippen molar-refractivity contribution in [2.45, 2.75) is 52.6 Å². The van der Waals surface area contributed by atoms with Crippen LogP contribution in [0, 0.1) is 0 Å². The van der Waals surface area contributed by atoms with Gasteiger partial charge in [0.05, 0.1) is 13.2 Å². The van der Waals surface area contributed by atoms with Gasteiger partial charge in [0, 0.05) is 13.0 Å². The predicted octanol–water partition coefficient (Wildman–Crippen LogP) is 1.51. The fourth-order valence-electron chi connectivity index (χ4n) is 1.81. The highest BCUT2D eigenvalue weighted by Crippen LogP contribution is 2.01. The molecular formula is C13H24N4O2. The Kier molecular flexibility index (Phi) is 7.81. The molecule has 0 aliphatic carbocycles. The predicted molar refractivity (Wildman–Crippen MR) is 72.5 cm³/mol. The number of esters is 1. The van der Waals surface area contributed by atoms with E-state index in [9.17, 15) is 4.79 Å². The maximum Gasteiger partial charge on any atom is 0.305 e. The minimum atomic E-state index is -0.0912. The average molecular weight is 268 g/mol. The average Bonchev–Trinajstić information content (AvgIpc) is 2.85. The van der Waals surface area contributed by atoms with Gasteiger partial charge in [-0.2, -0.15) is 0 Å². The van der Waals surface area contributed by atoms with Crippen LogP contribution in [0.25, 0.3) is 0 Å².